The number of halogens is 1. The van der Waals surface area contributed by atoms with Gasteiger partial charge >= 0.3 is 0 Å². The molecule has 0 aromatic heterocycles. The summed E-state index contributed by atoms with van der Waals surface area (Å²) in [6, 6.07) is 0. The molecular formula is C5H8FO2. The van der Waals surface area contributed by atoms with Crippen LogP contribution in [-0.4, -0.2) is 24.0 Å². The Hall–Kier alpha value is -0.150. The van der Waals surface area contributed by atoms with Crippen molar-refractivity contribution >= 4 is 0 Å². The monoisotopic (exact) mass is 119 g/mol. The Bertz CT molecular complexity index is 76.8. The van der Waals surface area contributed by atoms with Crippen LogP contribution in [0.2, 0.25) is 0 Å². The van der Waals surface area contributed by atoms with E-state index in [0.29, 0.717) is 6.42 Å². The first-order valence-corrected chi connectivity index (χ1v) is 2.56. The first-order chi connectivity index (χ1) is 3.84. The van der Waals surface area contributed by atoms with Gasteiger partial charge in [-0.15, -0.1) is 0 Å². The van der Waals surface area contributed by atoms with Crippen LogP contribution < -0.4 is 0 Å². The molecule has 0 aliphatic carbocycles. The fourth-order valence-electron chi connectivity index (χ4n) is 0.666. The van der Waals surface area contributed by atoms with Gasteiger partial charge in [-0.25, -0.2) is 4.39 Å². The summed E-state index contributed by atoms with van der Waals surface area (Å²) in [6.07, 6.45) is -1.29. The molecule has 2 atom stereocenters. The summed E-state index contributed by atoms with van der Waals surface area (Å²) < 4.78 is 16.9. The van der Waals surface area contributed by atoms with Crippen molar-refractivity contribution < 1.29 is 14.2 Å². The molecule has 1 aliphatic rings. The smallest absolute Gasteiger partial charge is 0.131 e. The number of aliphatic hydroxyl groups is 1. The van der Waals surface area contributed by atoms with E-state index in [0.717, 1.165) is 0 Å². The third kappa shape index (κ3) is 0.980. The van der Waals surface area contributed by atoms with E-state index >= 15 is 0 Å². The van der Waals surface area contributed by atoms with Crippen LogP contribution >= 0.6 is 0 Å². The van der Waals surface area contributed by atoms with Crippen LogP contribution in [0.3, 0.4) is 0 Å². The van der Waals surface area contributed by atoms with E-state index in [1.54, 1.807) is 0 Å². The summed E-state index contributed by atoms with van der Waals surface area (Å²) in [5.74, 6) is 0. The summed E-state index contributed by atoms with van der Waals surface area (Å²) in [4.78, 5) is 0. The molecule has 0 aromatic rings. The highest BCUT2D eigenvalue weighted by Crippen LogP contribution is 2.18. The lowest BCUT2D eigenvalue weighted by Crippen LogP contribution is -2.20. The van der Waals surface area contributed by atoms with Gasteiger partial charge in [0.2, 0.25) is 0 Å². The second-order valence-electron chi connectivity index (χ2n) is 1.78. The second-order valence-corrected chi connectivity index (χ2v) is 1.78. The molecule has 1 aliphatic heterocycles. The van der Waals surface area contributed by atoms with Gasteiger partial charge in [0.25, 0.3) is 0 Å². The molecule has 1 saturated heterocycles. The van der Waals surface area contributed by atoms with E-state index in [1.807, 2.05) is 0 Å². The third-order valence-electron chi connectivity index (χ3n) is 1.18. The van der Waals surface area contributed by atoms with E-state index in [4.69, 9.17) is 5.11 Å². The summed E-state index contributed by atoms with van der Waals surface area (Å²) >= 11 is 0. The fraction of sp³-hybridized carbons (Fsp3) is 0.800. The largest absolute Gasteiger partial charge is 0.394 e. The van der Waals surface area contributed by atoms with Gasteiger partial charge in [-0.3, -0.25) is 0 Å². The summed E-state index contributed by atoms with van der Waals surface area (Å²) in [5, 5.41) is 8.35. The van der Waals surface area contributed by atoms with Crippen LogP contribution in [0.4, 0.5) is 4.39 Å². The SMILES string of the molecule is OC[C@H]1O[CH]C[C@@H]1F. The first kappa shape index (κ1) is 5.98. The summed E-state index contributed by atoms with van der Waals surface area (Å²) in [5.41, 5.74) is 0. The Labute approximate surface area is 47.3 Å². The van der Waals surface area contributed by atoms with Gasteiger partial charge in [-0.2, -0.15) is 0 Å². The van der Waals surface area contributed by atoms with E-state index in [1.165, 1.54) is 6.61 Å². The molecule has 1 N–H and O–H groups in total. The van der Waals surface area contributed by atoms with Crippen molar-refractivity contribution in [1.82, 2.24) is 0 Å². The van der Waals surface area contributed by atoms with Gasteiger partial charge in [-0.05, 0) is 0 Å². The number of hydrogen-bond donors (Lipinski definition) is 1. The first-order valence-electron chi connectivity index (χ1n) is 2.56. The molecule has 2 nitrogen and oxygen atoms in total. The predicted octanol–water partition coefficient (Wildman–Crippen LogP) is 0.267. The lowest BCUT2D eigenvalue weighted by molar-refractivity contribution is 0.0500. The molecule has 0 saturated carbocycles. The summed E-state index contributed by atoms with van der Waals surface area (Å²) in [6.45, 7) is 1.17. The quantitative estimate of drug-likeness (QED) is 0.536. The Morgan fingerprint density at radius 1 is 1.88 bits per heavy atom. The van der Waals surface area contributed by atoms with Crippen molar-refractivity contribution in [2.24, 2.45) is 0 Å². The fourth-order valence-corrected chi connectivity index (χ4v) is 0.666. The Morgan fingerprint density at radius 2 is 2.62 bits per heavy atom. The molecule has 1 radical (unpaired) electrons. The Balaban J connectivity index is 2.30. The lowest BCUT2D eigenvalue weighted by atomic mass is 10.2. The van der Waals surface area contributed by atoms with Crippen LogP contribution in [0.15, 0.2) is 0 Å². The van der Waals surface area contributed by atoms with Crippen molar-refractivity contribution in [3.63, 3.8) is 0 Å². The second kappa shape index (κ2) is 2.42. The van der Waals surface area contributed by atoms with Crippen molar-refractivity contribution in [2.75, 3.05) is 6.61 Å². The third-order valence-corrected chi connectivity index (χ3v) is 1.18. The minimum absolute atomic E-state index is 0.225. The van der Waals surface area contributed by atoms with Crippen LogP contribution in [0.5, 0.6) is 0 Å². The van der Waals surface area contributed by atoms with Crippen LogP contribution in [-0.2, 0) is 4.74 Å². The molecule has 1 fully saturated rings. The topological polar surface area (TPSA) is 29.5 Å². The van der Waals surface area contributed by atoms with Gasteiger partial charge in [0.1, 0.15) is 12.3 Å². The van der Waals surface area contributed by atoms with Crippen molar-refractivity contribution in [3.8, 4) is 0 Å². The number of aliphatic hydroxyl groups excluding tert-OH is 1. The predicted molar refractivity (Wildman–Crippen MR) is 25.8 cm³/mol. The number of ether oxygens (including phenoxy) is 1. The standard InChI is InChI=1S/C5H8FO2/c6-4-1-2-8-5(4)3-7/h2,4-5,7H,1,3H2/t4-,5+/m0/s1. The van der Waals surface area contributed by atoms with Crippen LogP contribution in [0.1, 0.15) is 6.42 Å². The highest BCUT2D eigenvalue weighted by Gasteiger charge is 2.27. The zero-order chi connectivity index (χ0) is 5.98. The van der Waals surface area contributed by atoms with Crippen molar-refractivity contribution in [1.29, 1.82) is 0 Å². The zero-order valence-electron chi connectivity index (χ0n) is 4.38. The molecule has 0 bridgehead atoms. The normalized spacial score (nSPS) is 38.2. The molecule has 1 rings (SSSR count). The average Bonchev–Trinajstić information content (AvgIpc) is 2.14. The molecule has 0 spiro atoms. The van der Waals surface area contributed by atoms with E-state index in [2.05, 4.69) is 4.74 Å². The van der Waals surface area contributed by atoms with E-state index in [-0.39, 0.29) is 6.61 Å². The van der Waals surface area contributed by atoms with E-state index in [9.17, 15) is 4.39 Å². The highest BCUT2D eigenvalue weighted by atomic mass is 19.1. The zero-order valence-corrected chi connectivity index (χ0v) is 4.38. The van der Waals surface area contributed by atoms with Gasteiger partial charge < -0.3 is 9.84 Å². The Kier molecular flexibility index (Phi) is 1.81. The highest BCUT2D eigenvalue weighted by molar-refractivity contribution is 4.80. The van der Waals surface area contributed by atoms with Gasteiger partial charge in [0.15, 0.2) is 0 Å². The average molecular weight is 119 g/mol. The van der Waals surface area contributed by atoms with Gasteiger partial charge in [0.05, 0.1) is 13.2 Å². The maximum absolute atomic E-state index is 12.3. The minimum Gasteiger partial charge on any atom is -0.394 e. The van der Waals surface area contributed by atoms with Gasteiger partial charge in [-0.1, -0.05) is 0 Å². The van der Waals surface area contributed by atoms with Crippen LogP contribution in [0, 0.1) is 6.61 Å². The molecule has 1 heterocycles. The maximum Gasteiger partial charge on any atom is 0.131 e. The summed E-state index contributed by atoms with van der Waals surface area (Å²) in [7, 11) is 0. The number of alkyl halides is 1. The molecule has 0 aromatic carbocycles. The van der Waals surface area contributed by atoms with Crippen molar-refractivity contribution in [3.05, 3.63) is 6.61 Å². The molecule has 3 heteroatoms. The Morgan fingerprint density at radius 3 is 2.88 bits per heavy atom. The van der Waals surface area contributed by atoms with Gasteiger partial charge in [0, 0.05) is 6.42 Å². The molecule has 0 unspecified atom stereocenters. The van der Waals surface area contributed by atoms with E-state index < -0.39 is 12.3 Å². The number of hydrogen-bond acceptors (Lipinski definition) is 2. The molecule has 0 amide bonds. The molecule has 8 heavy (non-hydrogen) atoms. The molecule has 47 valence electrons. The number of rotatable bonds is 1. The van der Waals surface area contributed by atoms with Crippen LogP contribution in [0.25, 0.3) is 0 Å². The minimum atomic E-state index is -1.00. The van der Waals surface area contributed by atoms with Crippen molar-refractivity contribution in [2.45, 2.75) is 18.7 Å². The maximum atomic E-state index is 12.3. The lowest BCUT2D eigenvalue weighted by Gasteiger charge is -2.05. The molecular weight excluding hydrogens is 111 g/mol.